The minimum atomic E-state index is -0.908. The van der Waals surface area contributed by atoms with Crippen molar-refractivity contribution in [2.24, 2.45) is 4.99 Å². The van der Waals surface area contributed by atoms with Crippen LogP contribution in [0.15, 0.2) is 35.3 Å². The van der Waals surface area contributed by atoms with E-state index in [1.807, 2.05) is 0 Å². The maximum atomic E-state index is 13.6. The molecule has 0 spiro atoms. The first kappa shape index (κ1) is 15.1. The molecule has 0 heterocycles. The van der Waals surface area contributed by atoms with Gasteiger partial charge in [0.1, 0.15) is 5.82 Å². The van der Waals surface area contributed by atoms with Crippen molar-refractivity contribution in [1.82, 2.24) is 0 Å². The number of aryl methyl sites for hydroxylation is 1. The van der Waals surface area contributed by atoms with Crippen LogP contribution >= 0.6 is 0 Å². The molecule has 0 aliphatic heterocycles. The second kappa shape index (κ2) is 6.43. The Morgan fingerprint density at radius 3 is 2.48 bits per heavy atom. The molecule has 1 N–H and O–H groups in total. The number of nitrogens with one attached hydrogen (secondary N) is 1. The van der Waals surface area contributed by atoms with Gasteiger partial charge in [-0.05, 0) is 61.5 Å². The summed E-state index contributed by atoms with van der Waals surface area (Å²) < 4.78 is 39.4. The summed E-state index contributed by atoms with van der Waals surface area (Å²) in [4.78, 5) is 3.87. The molecule has 0 bridgehead atoms. The van der Waals surface area contributed by atoms with Gasteiger partial charge in [-0.25, -0.2) is 13.2 Å². The van der Waals surface area contributed by atoms with Crippen LogP contribution in [0.4, 0.5) is 24.5 Å². The van der Waals surface area contributed by atoms with Crippen molar-refractivity contribution in [3.63, 3.8) is 0 Å². The average molecular weight is 292 g/mol. The van der Waals surface area contributed by atoms with Crippen LogP contribution in [0.5, 0.6) is 0 Å². The van der Waals surface area contributed by atoms with Crippen LogP contribution in [0, 0.1) is 24.4 Å². The lowest BCUT2D eigenvalue weighted by Crippen LogP contribution is -2.06. The number of hydrogen-bond donors (Lipinski definition) is 1. The van der Waals surface area contributed by atoms with E-state index in [9.17, 15) is 13.2 Å². The van der Waals surface area contributed by atoms with Gasteiger partial charge in [0.15, 0.2) is 11.6 Å². The predicted octanol–water partition coefficient (Wildman–Crippen LogP) is 4.40. The van der Waals surface area contributed by atoms with Crippen molar-refractivity contribution in [2.45, 2.75) is 13.3 Å². The third-order valence-electron chi connectivity index (χ3n) is 3.17. The summed E-state index contributed by atoms with van der Waals surface area (Å²) in [6.45, 7) is 5.57. The molecule has 2 nitrogen and oxygen atoms in total. The molecular formula is C16H15F3N2. The Hall–Kier alpha value is -2.30. The smallest absolute Gasteiger partial charge is 0.160 e. The SMILES string of the molecule is C=Nc1cc(C)c(F)cc1CCNc1ccc(F)c(F)c1. The van der Waals surface area contributed by atoms with Gasteiger partial charge < -0.3 is 5.32 Å². The molecule has 0 saturated carbocycles. The molecule has 0 amide bonds. The molecule has 2 rings (SSSR count). The second-order valence-corrected chi connectivity index (χ2v) is 4.69. The first-order valence-corrected chi connectivity index (χ1v) is 6.46. The lowest BCUT2D eigenvalue weighted by molar-refractivity contribution is 0.509. The zero-order valence-electron chi connectivity index (χ0n) is 11.6. The number of benzene rings is 2. The van der Waals surface area contributed by atoms with Crippen LogP contribution in [0.2, 0.25) is 0 Å². The van der Waals surface area contributed by atoms with Gasteiger partial charge in [-0.15, -0.1) is 0 Å². The van der Waals surface area contributed by atoms with Gasteiger partial charge in [0.2, 0.25) is 0 Å². The molecule has 0 saturated heterocycles. The Morgan fingerprint density at radius 1 is 1.05 bits per heavy atom. The predicted molar refractivity (Wildman–Crippen MR) is 78.9 cm³/mol. The van der Waals surface area contributed by atoms with Crippen LogP contribution in [-0.4, -0.2) is 13.3 Å². The Bertz CT molecular complexity index is 669. The molecule has 0 atom stereocenters. The maximum Gasteiger partial charge on any atom is 0.160 e. The largest absolute Gasteiger partial charge is 0.385 e. The maximum absolute atomic E-state index is 13.6. The van der Waals surface area contributed by atoms with Crippen LogP contribution in [0.3, 0.4) is 0 Å². The van der Waals surface area contributed by atoms with Gasteiger partial charge in [0, 0.05) is 12.2 Å². The molecule has 110 valence electrons. The van der Waals surface area contributed by atoms with Gasteiger partial charge in [-0.3, -0.25) is 4.99 Å². The second-order valence-electron chi connectivity index (χ2n) is 4.69. The highest BCUT2D eigenvalue weighted by Crippen LogP contribution is 2.23. The average Bonchev–Trinajstić information content (AvgIpc) is 2.46. The lowest BCUT2D eigenvalue weighted by atomic mass is 10.1. The van der Waals surface area contributed by atoms with Crippen LogP contribution in [-0.2, 0) is 6.42 Å². The topological polar surface area (TPSA) is 24.4 Å². The number of hydrogen-bond acceptors (Lipinski definition) is 2. The summed E-state index contributed by atoms with van der Waals surface area (Å²) >= 11 is 0. The van der Waals surface area contributed by atoms with E-state index in [2.05, 4.69) is 17.0 Å². The number of aliphatic imine (C=N–C) groups is 1. The van der Waals surface area contributed by atoms with Gasteiger partial charge in [-0.1, -0.05) is 0 Å². The van der Waals surface area contributed by atoms with Crippen molar-refractivity contribution in [3.05, 3.63) is 58.9 Å². The molecule has 2 aromatic carbocycles. The molecule has 5 heteroatoms. The van der Waals surface area contributed by atoms with E-state index in [0.717, 1.165) is 12.1 Å². The minimum absolute atomic E-state index is 0.301. The summed E-state index contributed by atoms with van der Waals surface area (Å²) in [5, 5.41) is 2.96. The molecule has 0 aromatic heterocycles. The monoisotopic (exact) mass is 292 g/mol. The molecule has 21 heavy (non-hydrogen) atoms. The first-order chi connectivity index (χ1) is 10.0. The van der Waals surface area contributed by atoms with Crippen molar-refractivity contribution >= 4 is 18.1 Å². The lowest BCUT2D eigenvalue weighted by Gasteiger charge is -2.10. The van der Waals surface area contributed by atoms with Gasteiger partial charge >= 0.3 is 0 Å². The zero-order chi connectivity index (χ0) is 15.4. The highest BCUT2D eigenvalue weighted by atomic mass is 19.2. The van der Waals surface area contributed by atoms with Crippen LogP contribution < -0.4 is 5.32 Å². The summed E-state index contributed by atoms with van der Waals surface area (Å²) in [6, 6.07) is 6.64. The van der Waals surface area contributed by atoms with E-state index in [1.54, 1.807) is 13.0 Å². The fourth-order valence-corrected chi connectivity index (χ4v) is 2.00. The Labute approximate surface area is 121 Å². The molecule has 0 aliphatic rings. The number of anilines is 1. The molecule has 0 radical (unpaired) electrons. The van der Waals surface area contributed by atoms with Crippen molar-refractivity contribution < 1.29 is 13.2 Å². The summed E-state index contributed by atoms with van der Waals surface area (Å²) in [5.41, 5.74) is 2.31. The zero-order valence-corrected chi connectivity index (χ0v) is 11.6. The van der Waals surface area contributed by atoms with E-state index in [0.29, 0.717) is 35.5 Å². The summed E-state index contributed by atoms with van der Waals surface area (Å²) in [5.74, 6) is -2.10. The van der Waals surface area contributed by atoms with Gasteiger partial charge in [0.05, 0.1) is 5.69 Å². The van der Waals surface area contributed by atoms with Crippen LogP contribution in [0.25, 0.3) is 0 Å². The summed E-state index contributed by atoms with van der Waals surface area (Å²) in [7, 11) is 0. The fraction of sp³-hybridized carbons (Fsp3) is 0.188. The Balaban J connectivity index is 2.04. The number of nitrogens with zero attached hydrogens (tertiary/aromatic N) is 1. The van der Waals surface area contributed by atoms with Gasteiger partial charge in [0.25, 0.3) is 0 Å². The molecule has 0 unspecified atom stereocenters. The van der Waals surface area contributed by atoms with E-state index in [-0.39, 0.29) is 5.82 Å². The number of halogens is 3. The third-order valence-corrected chi connectivity index (χ3v) is 3.17. The highest BCUT2D eigenvalue weighted by Gasteiger charge is 2.07. The molecule has 0 fully saturated rings. The highest BCUT2D eigenvalue weighted by molar-refractivity contribution is 5.54. The van der Waals surface area contributed by atoms with Gasteiger partial charge in [-0.2, -0.15) is 0 Å². The molecule has 2 aromatic rings. The van der Waals surface area contributed by atoms with E-state index < -0.39 is 11.6 Å². The normalized spacial score (nSPS) is 10.5. The summed E-state index contributed by atoms with van der Waals surface area (Å²) in [6.07, 6.45) is 0.491. The van der Waals surface area contributed by atoms with Crippen LogP contribution in [0.1, 0.15) is 11.1 Å². The van der Waals surface area contributed by atoms with Crippen molar-refractivity contribution in [1.29, 1.82) is 0 Å². The van der Waals surface area contributed by atoms with Crippen molar-refractivity contribution in [2.75, 3.05) is 11.9 Å². The van der Waals surface area contributed by atoms with E-state index in [1.165, 1.54) is 12.1 Å². The number of rotatable bonds is 5. The molecular weight excluding hydrogens is 277 g/mol. The van der Waals surface area contributed by atoms with E-state index >= 15 is 0 Å². The van der Waals surface area contributed by atoms with E-state index in [4.69, 9.17) is 0 Å². The fourth-order valence-electron chi connectivity index (χ4n) is 2.00. The van der Waals surface area contributed by atoms with Crippen molar-refractivity contribution in [3.8, 4) is 0 Å². The quantitative estimate of drug-likeness (QED) is 0.812. The Morgan fingerprint density at radius 2 is 1.81 bits per heavy atom. The first-order valence-electron chi connectivity index (χ1n) is 6.46. The minimum Gasteiger partial charge on any atom is -0.385 e. The standard InChI is InChI=1S/C16H15F3N2/c1-10-7-16(20-2)11(8-14(10)18)5-6-21-12-3-4-13(17)15(19)9-12/h3-4,7-9,21H,2,5-6H2,1H3. The molecule has 0 aliphatic carbocycles. The third kappa shape index (κ3) is 3.62. The Kier molecular flexibility index (Phi) is 4.62.